The Labute approximate surface area is 302 Å². The minimum absolute atomic E-state index is 0.00434. The number of benzene rings is 1. The first kappa shape index (κ1) is 40.3. The summed E-state index contributed by atoms with van der Waals surface area (Å²) in [7, 11) is -6.34. The van der Waals surface area contributed by atoms with Gasteiger partial charge in [0.15, 0.2) is 0 Å². The van der Waals surface area contributed by atoms with Crippen LogP contribution >= 0.6 is 0 Å². The Bertz CT molecular complexity index is 1790. The van der Waals surface area contributed by atoms with Crippen LogP contribution in [0.3, 0.4) is 0 Å². The quantitative estimate of drug-likeness (QED) is 0.234. The van der Waals surface area contributed by atoms with Crippen LogP contribution < -0.4 is 20.7 Å². The van der Waals surface area contributed by atoms with E-state index in [0.717, 1.165) is 10.6 Å². The van der Waals surface area contributed by atoms with Crippen LogP contribution in [-0.2, 0) is 34.4 Å². The van der Waals surface area contributed by atoms with E-state index in [-0.39, 0.29) is 41.7 Å². The first-order valence-corrected chi connectivity index (χ1v) is 20.4. The number of likely N-dealkylation sites (tertiary alicyclic amines) is 1. The number of urea groups is 1. The molecular formula is C35H54N6O8S2. The van der Waals surface area contributed by atoms with Gasteiger partial charge in [-0.05, 0) is 46.6 Å². The zero-order valence-corrected chi connectivity index (χ0v) is 32.9. The summed E-state index contributed by atoms with van der Waals surface area (Å²) in [4.78, 5) is 57.1. The van der Waals surface area contributed by atoms with Crippen LogP contribution in [0.5, 0.6) is 0 Å². The fourth-order valence-electron chi connectivity index (χ4n) is 7.09. The number of nitrogens with one attached hydrogen (secondary N) is 4. The smallest absolute Gasteiger partial charge is 0.315 e. The molecule has 4 N–H and O–H groups in total. The molecule has 1 saturated heterocycles. The maximum Gasteiger partial charge on any atom is 0.315 e. The Morgan fingerprint density at radius 3 is 2.08 bits per heavy atom. The molecule has 3 aliphatic rings. The Kier molecular flexibility index (Phi) is 10.6. The SMILES string of the molecule is C=CC1C[C@]1(NC(=O)C1C2C(CN1C(=O)[C@@H](NC(=O)NC(CN(C)S(C)(=O)=O)C(C)(C)C)C(C)(C)C)C2(C)C)C(=O)NS(=O)(=O)c1ccccc1. The van der Waals surface area contributed by atoms with Gasteiger partial charge in [0.25, 0.3) is 15.9 Å². The lowest BCUT2D eigenvalue weighted by Crippen LogP contribution is -2.63. The topological polar surface area (TPSA) is 191 Å². The molecule has 1 aliphatic heterocycles. The summed E-state index contributed by atoms with van der Waals surface area (Å²) < 4.78 is 53.6. The van der Waals surface area contributed by atoms with Gasteiger partial charge in [0.1, 0.15) is 17.6 Å². The molecule has 1 aromatic rings. The van der Waals surface area contributed by atoms with Gasteiger partial charge in [0, 0.05) is 32.1 Å². The fourth-order valence-corrected chi connectivity index (χ4v) is 8.57. The number of hydrogen-bond acceptors (Lipinski definition) is 8. The van der Waals surface area contributed by atoms with Crippen molar-refractivity contribution in [1.82, 2.24) is 29.9 Å². The minimum Gasteiger partial charge on any atom is -0.339 e. The monoisotopic (exact) mass is 750 g/mol. The van der Waals surface area contributed by atoms with Crippen LogP contribution in [0.1, 0.15) is 61.8 Å². The van der Waals surface area contributed by atoms with Crippen molar-refractivity contribution in [3.8, 4) is 0 Å². The van der Waals surface area contributed by atoms with Gasteiger partial charge in [0.2, 0.25) is 21.8 Å². The lowest BCUT2D eigenvalue weighted by molar-refractivity contribution is -0.144. The van der Waals surface area contributed by atoms with E-state index < -0.39 is 84.2 Å². The second-order valence-electron chi connectivity index (χ2n) is 17.0. The van der Waals surface area contributed by atoms with E-state index in [0.29, 0.717) is 0 Å². The first-order chi connectivity index (χ1) is 23.2. The molecule has 4 rings (SSSR count). The minimum atomic E-state index is -4.23. The van der Waals surface area contributed by atoms with E-state index >= 15 is 0 Å². The molecule has 1 aromatic carbocycles. The van der Waals surface area contributed by atoms with Crippen molar-refractivity contribution in [3.63, 3.8) is 0 Å². The number of carbonyl (C=O) groups is 4. The number of likely N-dealkylation sites (N-methyl/N-ethyl adjacent to an activating group) is 1. The molecule has 2 saturated carbocycles. The van der Waals surface area contributed by atoms with Crippen LogP contribution in [0.15, 0.2) is 47.9 Å². The molecule has 3 fully saturated rings. The average Bonchev–Trinajstić information content (AvgIpc) is 3.76. The number of piperidine rings is 1. The van der Waals surface area contributed by atoms with E-state index in [9.17, 15) is 36.0 Å². The van der Waals surface area contributed by atoms with Crippen LogP contribution in [-0.4, -0.2) is 99.9 Å². The van der Waals surface area contributed by atoms with Gasteiger partial charge in [-0.25, -0.2) is 30.7 Å². The van der Waals surface area contributed by atoms with E-state index in [1.807, 2.05) is 34.6 Å². The zero-order chi connectivity index (χ0) is 38.7. The second-order valence-corrected chi connectivity index (χ2v) is 20.8. The number of rotatable bonds is 12. The first-order valence-electron chi connectivity index (χ1n) is 17.0. The van der Waals surface area contributed by atoms with Crippen molar-refractivity contribution in [2.75, 3.05) is 26.4 Å². The predicted octanol–water partition coefficient (Wildman–Crippen LogP) is 2.06. The Hall–Kier alpha value is -3.50. The molecule has 0 spiro atoms. The highest BCUT2D eigenvalue weighted by molar-refractivity contribution is 7.90. The Morgan fingerprint density at radius 2 is 1.59 bits per heavy atom. The molecular weight excluding hydrogens is 697 g/mol. The van der Waals surface area contributed by atoms with Gasteiger partial charge in [-0.15, -0.1) is 6.58 Å². The molecule has 14 nitrogen and oxygen atoms in total. The molecule has 7 atom stereocenters. The molecule has 5 amide bonds. The van der Waals surface area contributed by atoms with Gasteiger partial charge in [-0.1, -0.05) is 79.7 Å². The number of amides is 5. The molecule has 51 heavy (non-hydrogen) atoms. The zero-order valence-electron chi connectivity index (χ0n) is 31.2. The molecule has 0 aromatic heterocycles. The number of hydrogen-bond donors (Lipinski definition) is 4. The van der Waals surface area contributed by atoms with Crippen molar-refractivity contribution in [2.45, 2.75) is 90.4 Å². The van der Waals surface area contributed by atoms with Crippen molar-refractivity contribution in [3.05, 3.63) is 43.0 Å². The lowest BCUT2D eigenvalue weighted by Gasteiger charge is -2.39. The summed E-state index contributed by atoms with van der Waals surface area (Å²) in [5, 5.41) is 8.49. The van der Waals surface area contributed by atoms with Crippen molar-refractivity contribution >= 4 is 43.8 Å². The normalized spacial score (nSPS) is 26.7. The standard InChI is InChI=1S/C35H54N6O8S2/c1-12-21-18-35(21,30(44)39-51(48,49)22-16-14-13-15-17-22)38-28(42)26-25-23(34(25,8)9)19-41(26)29(43)27(33(5,6)7)37-31(45)36-24(32(2,3)4)20-40(10)50(11,46)47/h12-17,21,23-27H,1,18-20H2,2-11H3,(H,38,42)(H,39,44)(H2,36,37,45)/t21?,23?,24?,25?,26?,27-,35-/m1/s1. The maximum atomic E-state index is 14.4. The van der Waals surface area contributed by atoms with E-state index in [4.69, 9.17) is 0 Å². The molecule has 1 heterocycles. The van der Waals surface area contributed by atoms with Gasteiger partial charge in [-0.3, -0.25) is 14.4 Å². The van der Waals surface area contributed by atoms with Gasteiger partial charge >= 0.3 is 6.03 Å². The second kappa shape index (κ2) is 13.5. The van der Waals surface area contributed by atoms with Gasteiger partial charge < -0.3 is 20.9 Å². The highest BCUT2D eigenvalue weighted by atomic mass is 32.2. The molecule has 0 bridgehead atoms. The van der Waals surface area contributed by atoms with Crippen LogP contribution in [0.2, 0.25) is 0 Å². The van der Waals surface area contributed by atoms with Crippen LogP contribution in [0.25, 0.3) is 0 Å². The largest absolute Gasteiger partial charge is 0.339 e. The maximum absolute atomic E-state index is 14.4. The van der Waals surface area contributed by atoms with E-state index in [1.165, 1.54) is 42.3 Å². The summed E-state index contributed by atoms with van der Waals surface area (Å²) >= 11 is 0. The summed E-state index contributed by atoms with van der Waals surface area (Å²) in [5.74, 6) is -2.75. The Balaban J connectivity index is 1.57. The highest BCUT2D eigenvalue weighted by Gasteiger charge is 2.71. The predicted molar refractivity (Wildman–Crippen MR) is 193 cm³/mol. The molecule has 5 unspecified atom stereocenters. The third kappa shape index (κ3) is 8.27. The van der Waals surface area contributed by atoms with Crippen LogP contribution in [0.4, 0.5) is 4.79 Å². The third-order valence-corrected chi connectivity index (χ3v) is 13.5. The van der Waals surface area contributed by atoms with Gasteiger partial charge in [0.05, 0.1) is 11.2 Å². The van der Waals surface area contributed by atoms with E-state index in [1.54, 1.807) is 26.8 Å². The fraction of sp³-hybridized carbons (Fsp3) is 0.657. The summed E-state index contributed by atoms with van der Waals surface area (Å²) in [6.45, 7) is 19.0. The summed E-state index contributed by atoms with van der Waals surface area (Å²) in [6, 6.07) is 4.06. The number of carbonyl (C=O) groups excluding carboxylic acids is 4. The van der Waals surface area contributed by atoms with Crippen molar-refractivity contribution in [1.29, 1.82) is 0 Å². The number of fused-ring (bicyclic) bond motifs is 1. The average molecular weight is 751 g/mol. The van der Waals surface area contributed by atoms with Crippen LogP contribution in [0, 0.1) is 34.0 Å². The lowest BCUT2D eigenvalue weighted by atomic mass is 9.85. The van der Waals surface area contributed by atoms with Gasteiger partial charge in [-0.2, -0.15) is 0 Å². The molecule has 2 aliphatic carbocycles. The van der Waals surface area contributed by atoms with E-state index in [2.05, 4.69) is 27.3 Å². The molecule has 0 radical (unpaired) electrons. The third-order valence-electron chi connectivity index (χ3n) is 10.8. The summed E-state index contributed by atoms with van der Waals surface area (Å²) in [6.07, 6.45) is 2.71. The Morgan fingerprint density at radius 1 is 1.00 bits per heavy atom. The number of sulfonamides is 2. The number of nitrogens with zero attached hydrogens (tertiary/aromatic N) is 2. The molecule has 16 heteroatoms. The molecule has 284 valence electrons. The van der Waals surface area contributed by atoms with Crippen molar-refractivity contribution < 1.29 is 36.0 Å². The van der Waals surface area contributed by atoms with Crippen molar-refractivity contribution in [2.24, 2.45) is 34.0 Å². The highest BCUT2D eigenvalue weighted by Crippen LogP contribution is 2.65. The summed E-state index contributed by atoms with van der Waals surface area (Å²) in [5.41, 5.74) is -3.21.